The molecule has 0 atom stereocenters. The van der Waals surface area contributed by atoms with Crippen molar-refractivity contribution < 1.29 is 4.79 Å². The zero-order chi connectivity index (χ0) is 13.1. The first-order valence-corrected chi connectivity index (χ1v) is 6.64. The van der Waals surface area contributed by atoms with Gasteiger partial charge < -0.3 is 4.98 Å². The molecule has 0 saturated carbocycles. The van der Waals surface area contributed by atoms with Crippen molar-refractivity contribution in [2.45, 2.75) is 6.92 Å². The summed E-state index contributed by atoms with van der Waals surface area (Å²) in [5, 5.41) is 1.02. The SMILES string of the molecule is CC(=O)SCC#Cc1c[nH]c2nc(Cl)nc(Cl)c12. The Balaban J connectivity index is 2.32. The highest BCUT2D eigenvalue weighted by molar-refractivity contribution is 8.13. The van der Waals surface area contributed by atoms with E-state index in [4.69, 9.17) is 23.2 Å². The lowest BCUT2D eigenvalue weighted by Crippen LogP contribution is -1.86. The molecule has 0 fully saturated rings. The fourth-order valence-electron chi connectivity index (χ4n) is 1.33. The molecule has 0 aromatic carbocycles. The lowest BCUT2D eigenvalue weighted by Gasteiger charge is -1.94. The predicted molar refractivity (Wildman–Crippen MR) is 73.9 cm³/mol. The summed E-state index contributed by atoms with van der Waals surface area (Å²) in [6.45, 7) is 1.50. The Kier molecular flexibility index (Phi) is 4.12. The number of hydrogen-bond donors (Lipinski definition) is 1. The van der Waals surface area contributed by atoms with Crippen LogP contribution in [0.5, 0.6) is 0 Å². The second-order valence-corrected chi connectivity index (χ2v) is 5.14. The minimum absolute atomic E-state index is 0.0383. The third-order valence-corrected chi connectivity index (χ3v) is 3.17. The summed E-state index contributed by atoms with van der Waals surface area (Å²) >= 11 is 12.8. The van der Waals surface area contributed by atoms with E-state index in [2.05, 4.69) is 26.8 Å². The van der Waals surface area contributed by atoms with Crippen molar-refractivity contribution in [3.8, 4) is 11.8 Å². The van der Waals surface area contributed by atoms with Crippen LogP contribution in [0.4, 0.5) is 0 Å². The van der Waals surface area contributed by atoms with Crippen molar-refractivity contribution in [1.82, 2.24) is 15.0 Å². The number of fused-ring (bicyclic) bond motifs is 1. The number of carbonyl (C=O) groups excluding carboxylic acids is 1. The van der Waals surface area contributed by atoms with Crippen molar-refractivity contribution >= 4 is 51.1 Å². The largest absolute Gasteiger partial charge is 0.345 e. The van der Waals surface area contributed by atoms with Crippen LogP contribution in [0, 0.1) is 11.8 Å². The van der Waals surface area contributed by atoms with Crippen LogP contribution in [0.15, 0.2) is 6.20 Å². The van der Waals surface area contributed by atoms with Crippen LogP contribution in [0.25, 0.3) is 11.0 Å². The zero-order valence-corrected chi connectivity index (χ0v) is 11.6. The quantitative estimate of drug-likeness (QED) is 0.500. The van der Waals surface area contributed by atoms with E-state index in [1.807, 2.05) is 0 Å². The first kappa shape index (κ1) is 13.2. The number of thioether (sulfide) groups is 1. The van der Waals surface area contributed by atoms with E-state index in [0.717, 1.165) is 11.8 Å². The second kappa shape index (κ2) is 5.61. The van der Waals surface area contributed by atoms with Crippen LogP contribution in [-0.2, 0) is 4.79 Å². The normalized spacial score (nSPS) is 10.2. The summed E-state index contributed by atoms with van der Waals surface area (Å²) in [6, 6.07) is 0. The van der Waals surface area contributed by atoms with Crippen molar-refractivity contribution in [3.63, 3.8) is 0 Å². The third kappa shape index (κ3) is 2.96. The molecule has 2 aromatic heterocycles. The Bertz CT molecular complexity index is 672. The molecule has 0 aliphatic heterocycles. The monoisotopic (exact) mass is 299 g/mol. The van der Waals surface area contributed by atoms with Gasteiger partial charge in [-0.25, -0.2) is 4.98 Å². The first-order valence-electron chi connectivity index (χ1n) is 4.90. The molecule has 2 aromatic rings. The highest BCUT2D eigenvalue weighted by atomic mass is 35.5. The summed E-state index contributed by atoms with van der Waals surface area (Å²) < 4.78 is 0. The number of nitrogens with one attached hydrogen (secondary N) is 1. The van der Waals surface area contributed by atoms with E-state index in [1.165, 1.54) is 6.92 Å². The summed E-state index contributed by atoms with van der Waals surface area (Å²) in [7, 11) is 0. The summed E-state index contributed by atoms with van der Waals surface area (Å²) in [5.74, 6) is 6.24. The van der Waals surface area contributed by atoms with E-state index in [-0.39, 0.29) is 15.6 Å². The number of halogens is 2. The van der Waals surface area contributed by atoms with Crippen molar-refractivity contribution in [1.29, 1.82) is 0 Å². The number of aromatic nitrogens is 3. The van der Waals surface area contributed by atoms with Crippen LogP contribution < -0.4 is 0 Å². The zero-order valence-electron chi connectivity index (χ0n) is 9.25. The van der Waals surface area contributed by atoms with Gasteiger partial charge in [0.25, 0.3) is 0 Å². The highest BCUT2D eigenvalue weighted by Gasteiger charge is 2.09. The van der Waals surface area contributed by atoms with Crippen molar-refractivity contribution in [2.75, 3.05) is 5.75 Å². The maximum Gasteiger partial charge on any atom is 0.225 e. The van der Waals surface area contributed by atoms with Gasteiger partial charge >= 0.3 is 0 Å². The Morgan fingerprint density at radius 3 is 3.00 bits per heavy atom. The fraction of sp³-hybridized carbons (Fsp3) is 0.182. The van der Waals surface area contributed by atoms with Crippen LogP contribution in [0.2, 0.25) is 10.4 Å². The Morgan fingerprint density at radius 2 is 2.28 bits per heavy atom. The first-order chi connectivity index (χ1) is 8.58. The molecule has 2 rings (SSSR count). The van der Waals surface area contributed by atoms with E-state index >= 15 is 0 Å². The van der Waals surface area contributed by atoms with E-state index < -0.39 is 0 Å². The van der Waals surface area contributed by atoms with Gasteiger partial charge in [-0.1, -0.05) is 35.2 Å². The molecule has 0 aliphatic rings. The average molecular weight is 300 g/mol. The lowest BCUT2D eigenvalue weighted by atomic mass is 10.2. The molecule has 7 heteroatoms. The van der Waals surface area contributed by atoms with Gasteiger partial charge in [-0.3, -0.25) is 4.79 Å². The topological polar surface area (TPSA) is 58.6 Å². The number of carbonyl (C=O) groups is 1. The van der Waals surface area contributed by atoms with Gasteiger partial charge in [0.2, 0.25) is 5.28 Å². The van der Waals surface area contributed by atoms with Gasteiger partial charge in [0.05, 0.1) is 16.7 Å². The molecule has 0 unspecified atom stereocenters. The van der Waals surface area contributed by atoms with Crippen LogP contribution in [-0.4, -0.2) is 25.8 Å². The van der Waals surface area contributed by atoms with E-state index in [9.17, 15) is 4.79 Å². The Morgan fingerprint density at radius 1 is 1.50 bits per heavy atom. The molecule has 92 valence electrons. The minimum Gasteiger partial charge on any atom is -0.345 e. The van der Waals surface area contributed by atoms with Crippen LogP contribution in [0.1, 0.15) is 12.5 Å². The highest BCUT2D eigenvalue weighted by Crippen LogP contribution is 2.24. The van der Waals surface area contributed by atoms with Crippen molar-refractivity contribution in [3.05, 3.63) is 22.2 Å². The maximum atomic E-state index is 10.7. The molecular formula is C11H7Cl2N3OS. The lowest BCUT2D eigenvalue weighted by molar-refractivity contribution is -0.109. The fourth-order valence-corrected chi connectivity index (χ4v) is 2.16. The summed E-state index contributed by atoms with van der Waals surface area (Å²) in [6.07, 6.45) is 1.69. The van der Waals surface area contributed by atoms with Gasteiger partial charge in [-0.15, -0.1) is 0 Å². The molecule has 2 heterocycles. The molecule has 1 N–H and O–H groups in total. The van der Waals surface area contributed by atoms with E-state index in [1.54, 1.807) is 6.20 Å². The Labute approximate surface area is 117 Å². The molecule has 0 bridgehead atoms. The number of H-pyrrole nitrogens is 1. The summed E-state index contributed by atoms with van der Waals surface area (Å²) in [5.41, 5.74) is 1.24. The van der Waals surface area contributed by atoms with E-state index in [0.29, 0.717) is 22.3 Å². The third-order valence-electron chi connectivity index (χ3n) is 2.03. The molecule has 0 aliphatic carbocycles. The van der Waals surface area contributed by atoms with Crippen LogP contribution in [0.3, 0.4) is 0 Å². The molecule has 0 spiro atoms. The molecule has 0 saturated heterocycles. The van der Waals surface area contributed by atoms with Gasteiger partial charge in [0.15, 0.2) is 5.12 Å². The van der Waals surface area contributed by atoms with Crippen LogP contribution >= 0.6 is 35.0 Å². The molecule has 4 nitrogen and oxygen atoms in total. The number of rotatable bonds is 1. The second-order valence-electron chi connectivity index (χ2n) is 3.29. The van der Waals surface area contributed by atoms with Gasteiger partial charge in [0, 0.05) is 13.1 Å². The maximum absolute atomic E-state index is 10.7. The predicted octanol–water partition coefficient (Wildman–Crippen LogP) is 2.90. The summed E-state index contributed by atoms with van der Waals surface area (Å²) in [4.78, 5) is 21.5. The average Bonchev–Trinajstić information content (AvgIpc) is 2.67. The Hall–Kier alpha value is -1.22. The smallest absolute Gasteiger partial charge is 0.225 e. The molecule has 0 radical (unpaired) electrons. The number of nitrogens with zero attached hydrogens (tertiary/aromatic N) is 2. The minimum atomic E-state index is 0.0383. The van der Waals surface area contributed by atoms with Gasteiger partial charge in [-0.2, -0.15) is 4.98 Å². The number of aromatic amines is 1. The number of hydrogen-bond acceptors (Lipinski definition) is 4. The van der Waals surface area contributed by atoms with Gasteiger partial charge in [-0.05, 0) is 11.6 Å². The molecular weight excluding hydrogens is 293 g/mol. The molecule has 18 heavy (non-hydrogen) atoms. The van der Waals surface area contributed by atoms with Crippen molar-refractivity contribution in [2.24, 2.45) is 0 Å². The standard InChI is InChI=1S/C11H7Cl2N3OS/c1-6(17)18-4-2-3-7-5-14-10-8(7)9(12)15-11(13)16-10/h5H,4H2,1H3,(H,14,15,16). The molecule has 0 amide bonds. The van der Waals surface area contributed by atoms with Gasteiger partial charge in [0.1, 0.15) is 10.8 Å².